The topological polar surface area (TPSA) is 44.7 Å². The number of para-hydroxylation sites is 1. The molecule has 0 bridgehead atoms. The van der Waals surface area contributed by atoms with Crippen LogP contribution in [0.3, 0.4) is 0 Å². The van der Waals surface area contributed by atoms with Gasteiger partial charge in [-0.3, -0.25) is 4.79 Å². The maximum absolute atomic E-state index is 12.2. The Morgan fingerprint density at radius 2 is 1.80 bits per heavy atom. The smallest absolute Gasteiger partial charge is 0.271 e. The minimum Gasteiger partial charge on any atom is -0.347 e. The van der Waals surface area contributed by atoms with Crippen molar-refractivity contribution in [1.82, 2.24) is 5.43 Å². The lowest BCUT2D eigenvalue weighted by atomic mass is 9.84. The van der Waals surface area contributed by atoms with Crippen LogP contribution in [0, 0.1) is 6.92 Å². The molecule has 1 amide bonds. The summed E-state index contributed by atoms with van der Waals surface area (Å²) in [5, 5.41) is 4.09. The molecule has 0 fully saturated rings. The Kier molecular flexibility index (Phi) is 4.45. The molecule has 0 spiro atoms. The Morgan fingerprint density at radius 3 is 2.52 bits per heavy atom. The summed E-state index contributed by atoms with van der Waals surface area (Å²) >= 11 is 0. The van der Waals surface area contributed by atoms with Gasteiger partial charge in [0.05, 0.1) is 0 Å². The Balaban J connectivity index is 1.75. The number of anilines is 1. The van der Waals surface area contributed by atoms with Gasteiger partial charge in [-0.1, -0.05) is 50.2 Å². The molecule has 1 aliphatic rings. The molecule has 1 heterocycles. The molecule has 0 radical (unpaired) electrons. The maximum Gasteiger partial charge on any atom is 0.271 e. The molecule has 25 heavy (non-hydrogen) atoms. The summed E-state index contributed by atoms with van der Waals surface area (Å²) in [7, 11) is 2.05. The Bertz CT molecular complexity index is 865. The second-order valence-electron chi connectivity index (χ2n) is 6.79. The van der Waals surface area contributed by atoms with Gasteiger partial charge >= 0.3 is 0 Å². The van der Waals surface area contributed by atoms with Gasteiger partial charge in [0.15, 0.2) is 0 Å². The highest BCUT2D eigenvalue weighted by Crippen LogP contribution is 2.46. The molecular formula is C21H23N3O. The van der Waals surface area contributed by atoms with E-state index >= 15 is 0 Å². The number of rotatable bonds is 3. The van der Waals surface area contributed by atoms with E-state index in [4.69, 9.17) is 0 Å². The molecule has 0 saturated heterocycles. The molecule has 2 aromatic carbocycles. The van der Waals surface area contributed by atoms with E-state index in [1.54, 1.807) is 12.3 Å². The van der Waals surface area contributed by atoms with Crippen LogP contribution in [-0.2, 0) is 5.41 Å². The van der Waals surface area contributed by atoms with Gasteiger partial charge in [0.1, 0.15) is 0 Å². The van der Waals surface area contributed by atoms with Gasteiger partial charge in [0.2, 0.25) is 0 Å². The standard InChI is InChI=1S/C21H23N3O/c1-15-9-5-6-10-16(15)20(25)23-22-14-13-19-21(2,3)17-11-7-8-12-18(17)24(19)4/h5-14H,1-4H3,(H,23,25)/b19-13+,22-14?. The first-order valence-electron chi connectivity index (χ1n) is 8.36. The van der Waals surface area contributed by atoms with Crippen LogP contribution >= 0.6 is 0 Å². The lowest BCUT2D eigenvalue weighted by Gasteiger charge is -2.23. The first-order valence-corrected chi connectivity index (χ1v) is 8.36. The monoisotopic (exact) mass is 333 g/mol. The summed E-state index contributed by atoms with van der Waals surface area (Å²) < 4.78 is 0. The molecule has 1 N–H and O–H groups in total. The number of allylic oxidation sites excluding steroid dienone is 2. The van der Waals surface area contributed by atoms with E-state index < -0.39 is 0 Å². The Hall–Kier alpha value is -2.88. The highest BCUT2D eigenvalue weighted by molar-refractivity contribution is 5.96. The van der Waals surface area contributed by atoms with E-state index in [2.05, 4.69) is 54.5 Å². The van der Waals surface area contributed by atoms with Gasteiger partial charge in [-0.25, -0.2) is 5.43 Å². The summed E-state index contributed by atoms with van der Waals surface area (Å²) in [5.74, 6) is -0.199. The minimum atomic E-state index is -0.199. The van der Waals surface area contributed by atoms with Crippen LogP contribution in [0.15, 0.2) is 65.4 Å². The highest BCUT2D eigenvalue weighted by Gasteiger charge is 2.37. The number of amides is 1. The number of nitrogens with zero attached hydrogens (tertiary/aromatic N) is 2. The fourth-order valence-corrected chi connectivity index (χ4v) is 3.39. The van der Waals surface area contributed by atoms with E-state index in [0.717, 1.165) is 11.3 Å². The predicted molar refractivity (Wildman–Crippen MR) is 103 cm³/mol. The Morgan fingerprint density at radius 1 is 1.12 bits per heavy atom. The largest absolute Gasteiger partial charge is 0.347 e. The lowest BCUT2D eigenvalue weighted by molar-refractivity contribution is 0.0954. The van der Waals surface area contributed by atoms with Crippen LogP contribution in [0.1, 0.15) is 35.3 Å². The van der Waals surface area contributed by atoms with E-state index in [1.807, 2.05) is 37.3 Å². The van der Waals surface area contributed by atoms with E-state index in [0.29, 0.717) is 5.56 Å². The third-order valence-corrected chi connectivity index (χ3v) is 4.80. The van der Waals surface area contributed by atoms with E-state index in [9.17, 15) is 4.79 Å². The predicted octanol–water partition coefficient (Wildman–Crippen LogP) is 4.02. The molecule has 4 heteroatoms. The fourth-order valence-electron chi connectivity index (χ4n) is 3.39. The number of hydrogen-bond donors (Lipinski definition) is 1. The third-order valence-electron chi connectivity index (χ3n) is 4.80. The van der Waals surface area contributed by atoms with E-state index in [1.165, 1.54) is 11.3 Å². The van der Waals surface area contributed by atoms with Crippen molar-refractivity contribution in [3.63, 3.8) is 0 Å². The Labute approximate surface area is 148 Å². The zero-order chi connectivity index (χ0) is 18.0. The van der Waals surface area contributed by atoms with Gasteiger partial charge in [-0.15, -0.1) is 0 Å². The molecule has 0 unspecified atom stereocenters. The molecule has 2 aromatic rings. The van der Waals surface area contributed by atoms with Crippen LogP contribution in [0.4, 0.5) is 5.69 Å². The van der Waals surface area contributed by atoms with Gasteiger partial charge in [0.25, 0.3) is 5.91 Å². The number of carbonyl (C=O) groups is 1. The molecular weight excluding hydrogens is 310 g/mol. The quantitative estimate of drug-likeness (QED) is 0.681. The molecule has 0 aromatic heterocycles. The zero-order valence-corrected chi connectivity index (χ0v) is 15.1. The summed E-state index contributed by atoms with van der Waals surface area (Å²) in [6.45, 7) is 6.30. The number of carbonyl (C=O) groups excluding carboxylic acids is 1. The normalized spacial score (nSPS) is 17.1. The maximum atomic E-state index is 12.2. The van der Waals surface area contributed by atoms with Crippen molar-refractivity contribution in [2.45, 2.75) is 26.2 Å². The number of benzene rings is 2. The van der Waals surface area contributed by atoms with E-state index in [-0.39, 0.29) is 11.3 Å². The number of aryl methyl sites for hydroxylation is 1. The van der Waals surface area contributed by atoms with Crippen LogP contribution in [0.25, 0.3) is 0 Å². The van der Waals surface area contributed by atoms with Crippen molar-refractivity contribution in [3.8, 4) is 0 Å². The molecule has 0 atom stereocenters. The number of hydrazone groups is 1. The highest BCUT2D eigenvalue weighted by atomic mass is 16.2. The molecule has 1 aliphatic heterocycles. The number of likely N-dealkylation sites (N-methyl/N-ethyl adjacent to an activating group) is 1. The van der Waals surface area contributed by atoms with Crippen molar-refractivity contribution >= 4 is 17.8 Å². The SMILES string of the molecule is Cc1ccccc1C(=O)NN=C/C=C1/N(C)c2ccccc2C1(C)C. The summed E-state index contributed by atoms with van der Waals surface area (Å²) in [6.07, 6.45) is 3.60. The van der Waals surface area contributed by atoms with Crippen molar-refractivity contribution < 1.29 is 4.79 Å². The van der Waals surface area contributed by atoms with Crippen LogP contribution in [0.5, 0.6) is 0 Å². The second-order valence-corrected chi connectivity index (χ2v) is 6.79. The fraction of sp³-hybridized carbons (Fsp3) is 0.238. The number of hydrogen-bond acceptors (Lipinski definition) is 3. The summed E-state index contributed by atoms with van der Waals surface area (Å²) in [6, 6.07) is 15.9. The van der Waals surface area contributed by atoms with Crippen molar-refractivity contribution in [3.05, 3.63) is 77.0 Å². The minimum absolute atomic E-state index is 0.0998. The van der Waals surface area contributed by atoms with Gasteiger partial charge in [-0.05, 0) is 36.3 Å². The number of nitrogens with one attached hydrogen (secondary N) is 1. The van der Waals surface area contributed by atoms with Gasteiger partial charge in [0, 0.05) is 35.6 Å². The average molecular weight is 333 g/mol. The second kappa shape index (κ2) is 6.55. The average Bonchev–Trinajstić information content (AvgIpc) is 2.79. The first-order chi connectivity index (χ1) is 11.9. The van der Waals surface area contributed by atoms with Crippen molar-refractivity contribution in [2.75, 3.05) is 11.9 Å². The summed E-state index contributed by atoms with van der Waals surface area (Å²) in [4.78, 5) is 14.3. The van der Waals surface area contributed by atoms with Crippen LogP contribution in [-0.4, -0.2) is 19.2 Å². The molecule has 0 aliphatic carbocycles. The number of fused-ring (bicyclic) bond motifs is 1. The first kappa shape index (κ1) is 17.0. The van der Waals surface area contributed by atoms with Crippen molar-refractivity contribution in [1.29, 1.82) is 0 Å². The molecule has 4 nitrogen and oxygen atoms in total. The molecule has 128 valence electrons. The lowest BCUT2D eigenvalue weighted by Crippen LogP contribution is -2.23. The third kappa shape index (κ3) is 3.07. The summed E-state index contributed by atoms with van der Waals surface area (Å²) in [5.41, 5.74) is 7.70. The molecule has 3 rings (SSSR count). The molecule has 0 saturated carbocycles. The van der Waals surface area contributed by atoms with Crippen molar-refractivity contribution in [2.24, 2.45) is 5.10 Å². The zero-order valence-electron chi connectivity index (χ0n) is 15.1. The van der Waals surface area contributed by atoms with Crippen LogP contribution < -0.4 is 10.3 Å². The van der Waals surface area contributed by atoms with Gasteiger partial charge in [-0.2, -0.15) is 5.10 Å². The van der Waals surface area contributed by atoms with Gasteiger partial charge < -0.3 is 4.90 Å². The van der Waals surface area contributed by atoms with Crippen LogP contribution in [0.2, 0.25) is 0 Å².